The maximum atomic E-state index is 2.63. The first-order valence-corrected chi connectivity index (χ1v) is 10.6. The topological polar surface area (TPSA) is 6.48 Å². The third kappa shape index (κ3) is 3.88. The second-order valence-corrected chi connectivity index (χ2v) is 8.26. The van der Waals surface area contributed by atoms with E-state index in [-0.39, 0.29) is 0 Å². The molecule has 1 atom stereocenters. The van der Waals surface area contributed by atoms with Crippen molar-refractivity contribution in [2.75, 3.05) is 26.2 Å². The van der Waals surface area contributed by atoms with E-state index >= 15 is 0 Å². The van der Waals surface area contributed by atoms with Crippen LogP contribution in [0.2, 0.25) is 0 Å². The summed E-state index contributed by atoms with van der Waals surface area (Å²) in [5.74, 6) is 0. The molecule has 1 fully saturated rings. The molecule has 2 aromatic carbocycles. The van der Waals surface area contributed by atoms with Gasteiger partial charge in [0.1, 0.15) is 5.37 Å². The fraction of sp³-hybridized carbons (Fsp3) is 0.455. The number of rotatable bonds is 6. The lowest BCUT2D eigenvalue weighted by molar-refractivity contribution is 0.295. The molecule has 1 unspecified atom stereocenters. The molecule has 2 heterocycles. The molecule has 132 valence electrons. The summed E-state index contributed by atoms with van der Waals surface area (Å²) in [5.41, 5.74) is 2.85. The van der Waals surface area contributed by atoms with E-state index < -0.39 is 0 Å². The largest absolute Gasteiger partial charge is 0.358 e. The van der Waals surface area contributed by atoms with Crippen molar-refractivity contribution >= 4 is 22.5 Å². The maximum absolute atomic E-state index is 2.63. The monoisotopic (exact) mass is 352 g/mol. The van der Waals surface area contributed by atoms with Gasteiger partial charge < -0.3 is 9.80 Å². The number of thioether (sulfide) groups is 1. The Kier molecular flexibility index (Phi) is 5.33. The van der Waals surface area contributed by atoms with Crippen LogP contribution in [0, 0.1) is 0 Å². The van der Waals surface area contributed by atoms with Crippen molar-refractivity contribution in [3.63, 3.8) is 0 Å². The van der Waals surface area contributed by atoms with Crippen molar-refractivity contribution in [2.24, 2.45) is 0 Å². The Bertz CT molecular complexity index is 749. The minimum Gasteiger partial charge on any atom is -0.358 e. The SMILES string of the molecule is CC1=CSC(c2ccc3ccccc3c2)N1CCCCN1CCCC1. The molecular weight excluding hydrogens is 324 g/mol. The first-order chi connectivity index (χ1) is 12.3. The molecule has 0 spiro atoms. The maximum Gasteiger partial charge on any atom is 0.104 e. The van der Waals surface area contributed by atoms with Gasteiger partial charge in [0.2, 0.25) is 0 Å². The van der Waals surface area contributed by atoms with Crippen LogP contribution in [-0.2, 0) is 0 Å². The number of likely N-dealkylation sites (tertiary alicyclic amines) is 1. The minimum absolute atomic E-state index is 0.441. The van der Waals surface area contributed by atoms with Crippen LogP contribution in [0.4, 0.5) is 0 Å². The molecule has 2 nitrogen and oxygen atoms in total. The Labute approximate surface area is 155 Å². The molecule has 3 heteroatoms. The highest BCUT2D eigenvalue weighted by Crippen LogP contribution is 2.43. The number of allylic oxidation sites excluding steroid dienone is 1. The molecular formula is C22H28N2S. The summed E-state index contributed by atoms with van der Waals surface area (Å²) in [6, 6.07) is 15.6. The summed E-state index contributed by atoms with van der Waals surface area (Å²) < 4.78 is 0. The average molecular weight is 353 g/mol. The van der Waals surface area contributed by atoms with Crippen LogP contribution in [0.25, 0.3) is 10.8 Å². The number of fused-ring (bicyclic) bond motifs is 1. The van der Waals surface area contributed by atoms with Crippen LogP contribution in [0.15, 0.2) is 53.6 Å². The molecule has 0 radical (unpaired) electrons. The van der Waals surface area contributed by atoms with Crippen LogP contribution < -0.4 is 0 Å². The predicted octanol–water partition coefficient (Wildman–Crippen LogP) is 5.62. The summed E-state index contributed by atoms with van der Waals surface area (Å²) in [6.07, 6.45) is 5.40. The van der Waals surface area contributed by atoms with Crippen LogP contribution in [0.3, 0.4) is 0 Å². The number of benzene rings is 2. The molecule has 2 aliphatic rings. The zero-order chi connectivity index (χ0) is 17.1. The lowest BCUT2D eigenvalue weighted by atomic mass is 10.1. The van der Waals surface area contributed by atoms with Crippen molar-refractivity contribution in [3.8, 4) is 0 Å². The fourth-order valence-corrected chi connectivity index (χ4v) is 5.21. The van der Waals surface area contributed by atoms with Crippen molar-refractivity contribution in [2.45, 2.75) is 38.0 Å². The normalized spacial score (nSPS) is 21.2. The Morgan fingerprint density at radius 2 is 1.72 bits per heavy atom. The van der Waals surface area contributed by atoms with Gasteiger partial charge in [-0.25, -0.2) is 0 Å². The van der Waals surface area contributed by atoms with E-state index in [0.717, 1.165) is 0 Å². The van der Waals surface area contributed by atoms with Gasteiger partial charge in [-0.2, -0.15) is 0 Å². The van der Waals surface area contributed by atoms with Gasteiger partial charge in [0.05, 0.1) is 0 Å². The molecule has 0 bridgehead atoms. The predicted molar refractivity (Wildman–Crippen MR) is 110 cm³/mol. The highest BCUT2D eigenvalue weighted by atomic mass is 32.2. The summed E-state index contributed by atoms with van der Waals surface area (Å²) in [6.45, 7) is 7.34. The summed E-state index contributed by atoms with van der Waals surface area (Å²) in [4.78, 5) is 5.22. The van der Waals surface area contributed by atoms with Crippen molar-refractivity contribution in [1.29, 1.82) is 0 Å². The Balaban J connectivity index is 1.39. The van der Waals surface area contributed by atoms with Gasteiger partial charge in [-0.3, -0.25) is 0 Å². The quantitative estimate of drug-likeness (QED) is 0.623. The number of hydrogen-bond acceptors (Lipinski definition) is 3. The van der Waals surface area contributed by atoms with Crippen LogP contribution in [-0.4, -0.2) is 36.0 Å². The summed E-state index contributed by atoms with van der Waals surface area (Å²) in [7, 11) is 0. The molecule has 0 aliphatic carbocycles. The van der Waals surface area contributed by atoms with Crippen LogP contribution in [0.5, 0.6) is 0 Å². The van der Waals surface area contributed by atoms with Crippen LogP contribution >= 0.6 is 11.8 Å². The average Bonchev–Trinajstić information content (AvgIpc) is 3.28. The molecule has 1 saturated heterocycles. The van der Waals surface area contributed by atoms with Gasteiger partial charge in [-0.15, -0.1) is 11.8 Å². The lowest BCUT2D eigenvalue weighted by Crippen LogP contribution is -2.25. The van der Waals surface area contributed by atoms with E-state index in [0.29, 0.717) is 5.37 Å². The number of nitrogens with zero attached hydrogens (tertiary/aromatic N) is 2. The first-order valence-electron chi connectivity index (χ1n) is 9.61. The molecule has 0 aromatic heterocycles. The van der Waals surface area contributed by atoms with Crippen molar-refractivity contribution < 1.29 is 0 Å². The highest BCUT2D eigenvalue weighted by Gasteiger charge is 2.25. The zero-order valence-corrected chi connectivity index (χ0v) is 16.0. The highest BCUT2D eigenvalue weighted by molar-refractivity contribution is 8.02. The first kappa shape index (κ1) is 17.0. The zero-order valence-electron chi connectivity index (χ0n) is 15.2. The molecule has 2 aliphatic heterocycles. The number of unbranched alkanes of at least 4 members (excludes halogenated alkanes) is 1. The molecule has 4 rings (SSSR count). The minimum atomic E-state index is 0.441. The van der Waals surface area contributed by atoms with Crippen molar-refractivity contribution in [1.82, 2.24) is 9.80 Å². The third-order valence-corrected chi connectivity index (χ3v) is 6.75. The Morgan fingerprint density at radius 1 is 0.960 bits per heavy atom. The van der Waals surface area contributed by atoms with Gasteiger partial charge in [0.15, 0.2) is 0 Å². The fourth-order valence-electron chi connectivity index (χ4n) is 4.03. The summed E-state index contributed by atoms with van der Waals surface area (Å²) >= 11 is 1.96. The Hall–Kier alpha value is -1.45. The van der Waals surface area contributed by atoms with Gasteiger partial charge >= 0.3 is 0 Å². The Morgan fingerprint density at radius 3 is 2.56 bits per heavy atom. The van der Waals surface area contributed by atoms with Crippen molar-refractivity contribution in [3.05, 3.63) is 59.1 Å². The molecule has 0 saturated carbocycles. The van der Waals surface area contributed by atoms with Crippen LogP contribution in [0.1, 0.15) is 43.5 Å². The molecule has 0 amide bonds. The van der Waals surface area contributed by atoms with E-state index in [4.69, 9.17) is 0 Å². The van der Waals surface area contributed by atoms with Gasteiger partial charge in [-0.05, 0) is 80.1 Å². The van der Waals surface area contributed by atoms with Gasteiger partial charge in [0, 0.05) is 12.2 Å². The number of hydrogen-bond donors (Lipinski definition) is 0. The standard InChI is InChI=1S/C22H28N2S/c1-18-17-25-22(21-11-10-19-8-2-3-9-20(19)16-21)24(18)15-7-6-14-23-12-4-5-13-23/h2-3,8-11,16-17,22H,4-7,12-15H2,1H3. The lowest BCUT2D eigenvalue weighted by Gasteiger charge is -2.28. The third-order valence-electron chi connectivity index (χ3n) is 5.48. The molecule has 2 aromatic rings. The smallest absolute Gasteiger partial charge is 0.104 e. The summed E-state index contributed by atoms with van der Waals surface area (Å²) in [5, 5.41) is 5.45. The molecule has 0 N–H and O–H groups in total. The van der Waals surface area contributed by atoms with E-state index in [1.54, 1.807) is 0 Å². The van der Waals surface area contributed by atoms with Gasteiger partial charge in [0.25, 0.3) is 0 Å². The second kappa shape index (κ2) is 7.84. The van der Waals surface area contributed by atoms with Gasteiger partial charge in [-0.1, -0.05) is 36.4 Å². The van der Waals surface area contributed by atoms with E-state index in [1.165, 1.54) is 73.9 Å². The van der Waals surface area contributed by atoms with E-state index in [9.17, 15) is 0 Å². The second-order valence-electron chi connectivity index (χ2n) is 7.30. The van der Waals surface area contributed by atoms with E-state index in [2.05, 4.69) is 64.6 Å². The molecule has 25 heavy (non-hydrogen) atoms. The van der Waals surface area contributed by atoms with E-state index in [1.807, 2.05) is 11.8 Å².